The number of likely N-dealkylation sites (tertiary alicyclic amines) is 1. The summed E-state index contributed by atoms with van der Waals surface area (Å²) in [6, 6.07) is 0. The summed E-state index contributed by atoms with van der Waals surface area (Å²) in [7, 11) is 0. The smallest absolute Gasteiger partial charge is 0.274 e. The first-order chi connectivity index (χ1) is 9.10. The Balaban J connectivity index is 2.01. The molecule has 0 atom stereocenters. The van der Waals surface area contributed by atoms with Gasteiger partial charge in [0.15, 0.2) is 0 Å². The van der Waals surface area contributed by atoms with Gasteiger partial charge in [-0.25, -0.2) is 9.97 Å². The monoisotopic (exact) mass is 262 g/mol. The number of hydrogen-bond donors (Lipinski definition) is 1. The predicted octanol–water partition coefficient (Wildman–Crippen LogP) is 2.10. The van der Waals surface area contributed by atoms with E-state index in [4.69, 9.17) is 5.73 Å². The van der Waals surface area contributed by atoms with E-state index in [0.29, 0.717) is 16.9 Å². The van der Waals surface area contributed by atoms with Crippen molar-refractivity contribution < 1.29 is 4.79 Å². The molecule has 0 radical (unpaired) electrons. The van der Waals surface area contributed by atoms with E-state index in [0.717, 1.165) is 25.9 Å². The molecule has 0 unspecified atom stereocenters. The number of hydrogen-bond acceptors (Lipinski definition) is 4. The average Bonchev–Trinajstić information content (AvgIpc) is 2.47. The highest BCUT2D eigenvalue weighted by Gasteiger charge is 2.33. The lowest BCUT2D eigenvalue weighted by Gasteiger charge is -2.40. The molecule has 2 N–H and O–H groups in total. The molecule has 2 rings (SSSR count). The molecule has 0 spiro atoms. The second-order valence-corrected chi connectivity index (χ2v) is 5.33. The fourth-order valence-corrected chi connectivity index (χ4v) is 2.75. The summed E-state index contributed by atoms with van der Waals surface area (Å²) in [5, 5.41) is 0. The summed E-state index contributed by atoms with van der Waals surface area (Å²) in [4.78, 5) is 22.1. The van der Waals surface area contributed by atoms with Crippen molar-refractivity contribution in [2.45, 2.75) is 39.5 Å². The molecule has 0 aliphatic carbocycles. The van der Waals surface area contributed by atoms with Crippen molar-refractivity contribution in [1.29, 1.82) is 0 Å². The maximum atomic E-state index is 12.3. The summed E-state index contributed by atoms with van der Waals surface area (Å²) >= 11 is 0. The summed E-state index contributed by atoms with van der Waals surface area (Å²) in [5.74, 6) is 0.305. The molecule has 1 aliphatic heterocycles. The van der Waals surface area contributed by atoms with Gasteiger partial charge in [-0.3, -0.25) is 4.79 Å². The van der Waals surface area contributed by atoms with Crippen LogP contribution in [0.3, 0.4) is 0 Å². The van der Waals surface area contributed by atoms with E-state index in [9.17, 15) is 4.79 Å². The normalized spacial score (nSPS) is 18.3. The van der Waals surface area contributed by atoms with Crippen molar-refractivity contribution in [1.82, 2.24) is 14.9 Å². The zero-order chi connectivity index (χ0) is 13.9. The van der Waals surface area contributed by atoms with Crippen LogP contribution in [0.5, 0.6) is 0 Å². The van der Waals surface area contributed by atoms with Crippen LogP contribution in [0.15, 0.2) is 12.4 Å². The number of carbonyl (C=O) groups is 1. The third kappa shape index (κ3) is 2.85. The summed E-state index contributed by atoms with van der Waals surface area (Å²) < 4.78 is 0. The fraction of sp³-hybridized carbons (Fsp3) is 0.643. The first kappa shape index (κ1) is 13.8. The summed E-state index contributed by atoms with van der Waals surface area (Å²) in [6.07, 6.45) is 7.42. The Kier molecular flexibility index (Phi) is 4.02. The van der Waals surface area contributed by atoms with Gasteiger partial charge >= 0.3 is 0 Å². The average molecular weight is 262 g/mol. The first-order valence-electron chi connectivity index (χ1n) is 6.97. The molecule has 1 aromatic rings. The molecule has 0 aromatic carbocycles. The second-order valence-electron chi connectivity index (χ2n) is 5.33. The van der Waals surface area contributed by atoms with Gasteiger partial charge in [-0.05, 0) is 18.3 Å². The second kappa shape index (κ2) is 5.55. The standard InChI is InChI=1S/C14H22N4O/c1-3-14(4-2)5-7-18(8-6-14)13(19)11-9-17-12(15)10-16-11/h9-10H,3-8H2,1-2H3,(H2,15,17). The number of anilines is 1. The third-order valence-electron chi connectivity index (χ3n) is 4.50. The zero-order valence-corrected chi connectivity index (χ0v) is 11.7. The molecule has 5 nitrogen and oxygen atoms in total. The van der Waals surface area contributed by atoms with E-state index in [1.165, 1.54) is 25.2 Å². The lowest BCUT2D eigenvalue weighted by atomic mass is 9.74. The lowest BCUT2D eigenvalue weighted by Crippen LogP contribution is -2.43. The van der Waals surface area contributed by atoms with Crippen LogP contribution in [0.2, 0.25) is 0 Å². The molecule has 0 bridgehead atoms. The predicted molar refractivity (Wildman–Crippen MR) is 74.6 cm³/mol. The molecule has 19 heavy (non-hydrogen) atoms. The van der Waals surface area contributed by atoms with E-state index in [1.807, 2.05) is 4.90 Å². The van der Waals surface area contributed by atoms with Crippen LogP contribution in [-0.2, 0) is 0 Å². The summed E-state index contributed by atoms with van der Waals surface area (Å²) in [6.45, 7) is 6.11. The van der Waals surface area contributed by atoms with Crippen molar-refractivity contribution in [2.24, 2.45) is 5.41 Å². The Morgan fingerprint density at radius 3 is 2.37 bits per heavy atom. The number of rotatable bonds is 3. The van der Waals surface area contributed by atoms with E-state index in [1.54, 1.807) is 0 Å². The van der Waals surface area contributed by atoms with Crippen LogP contribution < -0.4 is 5.73 Å². The fourth-order valence-electron chi connectivity index (χ4n) is 2.75. The van der Waals surface area contributed by atoms with Crippen LogP contribution in [0.4, 0.5) is 5.82 Å². The van der Waals surface area contributed by atoms with Gasteiger partial charge in [-0.2, -0.15) is 0 Å². The minimum absolute atomic E-state index is 0.0340. The van der Waals surface area contributed by atoms with Crippen LogP contribution in [0.1, 0.15) is 50.0 Å². The molecule has 1 amide bonds. The third-order valence-corrected chi connectivity index (χ3v) is 4.50. The number of nitrogens with zero attached hydrogens (tertiary/aromatic N) is 3. The van der Waals surface area contributed by atoms with Gasteiger partial charge in [0.1, 0.15) is 11.5 Å². The topological polar surface area (TPSA) is 72.1 Å². The molecule has 1 aromatic heterocycles. The zero-order valence-electron chi connectivity index (χ0n) is 11.7. The van der Waals surface area contributed by atoms with Gasteiger partial charge in [0.25, 0.3) is 5.91 Å². The Morgan fingerprint density at radius 2 is 1.89 bits per heavy atom. The Bertz CT molecular complexity index is 429. The highest BCUT2D eigenvalue weighted by molar-refractivity contribution is 5.92. The lowest BCUT2D eigenvalue weighted by molar-refractivity contribution is 0.0552. The molecular weight excluding hydrogens is 240 g/mol. The number of nitrogens with two attached hydrogens (primary N) is 1. The molecule has 1 aliphatic rings. The van der Waals surface area contributed by atoms with Crippen LogP contribution in [-0.4, -0.2) is 33.9 Å². The van der Waals surface area contributed by atoms with E-state index < -0.39 is 0 Å². The van der Waals surface area contributed by atoms with Crippen LogP contribution in [0.25, 0.3) is 0 Å². The molecule has 2 heterocycles. The quantitative estimate of drug-likeness (QED) is 0.905. The number of nitrogen functional groups attached to an aromatic ring is 1. The maximum Gasteiger partial charge on any atom is 0.274 e. The van der Waals surface area contributed by atoms with Gasteiger partial charge in [0.05, 0.1) is 12.4 Å². The Labute approximate surface area is 114 Å². The van der Waals surface area contributed by atoms with Gasteiger partial charge in [0.2, 0.25) is 0 Å². The molecule has 5 heteroatoms. The van der Waals surface area contributed by atoms with Crippen LogP contribution >= 0.6 is 0 Å². The van der Waals surface area contributed by atoms with Crippen molar-refractivity contribution in [2.75, 3.05) is 18.8 Å². The maximum absolute atomic E-state index is 12.3. The molecule has 1 fully saturated rings. The van der Waals surface area contributed by atoms with Crippen LogP contribution in [0, 0.1) is 5.41 Å². The Morgan fingerprint density at radius 1 is 1.26 bits per heavy atom. The van der Waals surface area contributed by atoms with Crippen molar-refractivity contribution in [3.05, 3.63) is 18.1 Å². The number of aromatic nitrogens is 2. The van der Waals surface area contributed by atoms with Gasteiger partial charge < -0.3 is 10.6 Å². The van der Waals surface area contributed by atoms with Crippen molar-refractivity contribution >= 4 is 11.7 Å². The minimum atomic E-state index is -0.0340. The number of piperidine rings is 1. The Hall–Kier alpha value is -1.65. The molecule has 0 saturated carbocycles. The number of amides is 1. The number of carbonyl (C=O) groups excluding carboxylic acids is 1. The van der Waals surface area contributed by atoms with Gasteiger partial charge in [0, 0.05) is 13.1 Å². The van der Waals surface area contributed by atoms with Crippen molar-refractivity contribution in [3.63, 3.8) is 0 Å². The highest BCUT2D eigenvalue weighted by Crippen LogP contribution is 2.38. The van der Waals surface area contributed by atoms with Gasteiger partial charge in [-0.1, -0.05) is 26.7 Å². The summed E-state index contributed by atoms with van der Waals surface area (Å²) in [5.41, 5.74) is 6.28. The molecular formula is C14H22N4O. The molecule has 1 saturated heterocycles. The molecule has 104 valence electrons. The van der Waals surface area contributed by atoms with E-state index in [2.05, 4.69) is 23.8 Å². The first-order valence-corrected chi connectivity index (χ1v) is 6.97. The van der Waals surface area contributed by atoms with E-state index >= 15 is 0 Å². The largest absolute Gasteiger partial charge is 0.382 e. The van der Waals surface area contributed by atoms with E-state index in [-0.39, 0.29) is 5.91 Å². The SMILES string of the molecule is CCC1(CC)CCN(C(=O)c2cnc(N)cn2)CC1. The van der Waals surface area contributed by atoms with Crippen molar-refractivity contribution in [3.8, 4) is 0 Å². The highest BCUT2D eigenvalue weighted by atomic mass is 16.2. The minimum Gasteiger partial charge on any atom is -0.382 e. The van der Waals surface area contributed by atoms with Gasteiger partial charge in [-0.15, -0.1) is 0 Å².